The summed E-state index contributed by atoms with van der Waals surface area (Å²) in [6.07, 6.45) is -1.95. The standard InChI is InChI=1S/C6H8N10O4/c1-19-5(17)13-9-3(11-15-7)4(12-16-8)10-14-6(18)20-2/h1-2H3,(H,13,17)(H,14,18)/b9-3-,10-4-. The van der Waals surface area contributed by atoms with Crippen LogP contribution in [0, 0.1) is 0 Å². The molecule has 0 aliphatic carbocycles. The van der Waals surface area contributed by atoms with Gasteiger partial charge >= 0.3 is 12.2 Å². The highest BCUT2D eigenvalue weighted by molar-refractivity contribution is 6.41. The zero-order chi connectivity index (χ0) is 15.4. The van der Waals surface area contributed by atoms with Crippen LogP contribution in [0.15, 0.2) is 20.4 Å². The normalized spacial score (nSPS) is 10.5. The minimum atomic E-state index is -0.975. The molecule has 20 heavy (non-hydrogen) atoms. The molecule has 0 aromatic rings. The second kappa shape index (κ2) is 9.52. The third-order valence-corrected chi connectivity index (χ3v) is 1.36. The maximum atomic E-state index is 10.8. The van der Waals surface area contributed by atoms with Gasteiger partial charge in [0.15, 0.2) is 11.7 Å². The molecule has 0 unspecified atom stereocenters. The Balaban J connectivity index is 5.34. The van der Waals surface area contributed by atoms with Gasteiger partial charge in [0.05, 0.1) is 14.2 Å². The van der Waals surface area contributed by atoms with E-state index in [9.17, 15) is 9.59 Å². The van der Waals surface area contributed by atoms with E-state index < -0.39 is 23.9 Å². The van der Waals surface area contributed by atoms with Crippen LogP contribution in [0.2, 0.25) is 0 Å². The van der Waals surface area contributed by atoms with Crippen LogP contribution in [-0.4, -0.2) is 38.1 Å². The molecule has 0 heterocycles. The average Bonchev–Trinajstić information content (AvgIpc) is 2.47. The minimum Gasteiger partial charge on any atom is -0.452 e. The van der Waals surface area contributed by atoms with Crippen molar-refractivity contribution in [1.82, 2.24) is 10.9 Å². The Morgan fingerprint density at radius 2 is 1.25 bits per heavy atom. The number of methoxy groups -OCH3 is 2. The molecule has 106 valence electrons. The molecule has 0 aromatic carbocycles. The summed E-state index contributed by atoms with van der Waals surface area (Å²) < 4.78 is 8.42. The van der Waals surface area contributed by atoms with Crippen molar-refractivity contribution in [1.29, 1.82) is 0 Å². The number of amidine groups is 2. The van der Waals surface area contributed by atoms with Crippen molar-refractivity contribution in [2.75, 3.05) is 14.2 Å². The molecule has 0 saturated heterocycles. The molecule has 0 spiro atoms. The number of hydrogen-bond donors (Lipinski definition) is 2. The highest BCUT2D eigenvalue weighted by atomic mass is 16.5. The zero-order valence-corrected chi connectivity index (χ0v) is 10.2. The average molecular weight is 284 g/mol. The lowest BCUT2D eigenvalue weighted by molar-refractivity contribution is 0.170. The predicted octanol–water partition coefficient (Wildman–Crippen LogP) is 0.946. The Hall–Kier alpha value is -3.50. The summed E-state index contributed by atoms with van der Waals surface area (Å²) >= 11 is 0. The molecule has 2 amide bonds. The lowest BCUT2D eigenvalue weighted by Crippen LogP contribution is -2.24. The van der Waals surface area contributed by atoms with Crippen LogP contribution in [0.4, 0.5) is 9.59 Å². The summed E-state index contributed by atoms with van der Waals surface area (Å²) in [5, 5.41) is 12.6. The second-order valence-corrected chi connectivity index (χ2v) is 2.46. The molecule has 14 nitrogen and oxygen atoms in total. The first-order valence-electron chi connectivity index (χ1n) is 4.52. The van der Waals surface area contributed by atoms with Crippen molar-refractivity contribution in [3.63, 3.8) is 0 Å². The van der Waals surface area contributed by atoms with Gasteiger partial charge in [0.2, 0.25) is 0 Å². The molecule has 0 aromatic heterocycles. The summed E-state index contributed by atoms with van der Waals surface area (Å²) in [6.45, 7) is 0. The Labute approximate surface area is 110 Å². The smallest absolute Gasteiger partial charge is 0.427 e. The zero-order valence-electron chi connectivity index (χ0n) is 10.2. The van der Waals surface area contributed by atoms with Gasteiger partial charge in [0.25, 0.3) is 0 Å². The van der Waals surface area contributed by atoms with Crippen LogP contribution in [-0.2, 0) is 9.47 Å². The van der Waals surface area contributed by atoms with Crippen LogP contribution in [0.25, 0.3) is 20.9 Å². The number of amides is 2. The van der Waals surface area contributed by atoms with Gasteiger partial charge in [-0.3, -0.25) is 0 Å². The molecule has 0 saturated carbocycles. The van der Waals surface area contributed by atoms with E-state index in [0.29, 0.717) is 0 Å². The molecule has 2 N–H and O–H groups in total. The fraction of sp³-hybridized carbons (Fsp3) is 0.333. The van der Waals surface area contributed by atoms with Crippen LogP contribution < -0.4 is 10.9 Å². The Kier molecular flexibility index (Phi) is 7.86. The number of ether oxygens (including phenoxy) is 2. The van der Waals surface area contributed by atoms with Crippen molar-refractivity contribution >= 4 is 23.9 Å². The number of rotatable bonds is 2. The van der Waals surface area contributed by atoms with Crippen LogP contribution in [0.3, 0.4) is 0 Å². The van der Waals surface area contributed by atoms with Gasteiger partial charge in [0, 0.05) is 9.82 Å². The van der Waals surface area contributed by atoms with E-state index in [4.69, 9.17) is 11.1 Å². The molecule has 0 aliphatic heterocycles. The lowest BCUT2D eigenvalue weighted by Gasteiger charge is -2.01. The molecular weight excluding hydrogens is 276 g/mol. The van der Waals surface area contributed by atoms with E-state index in [2.05, 4.69) is 39.7 Å². The molecule has 0 aliphatic rings. The number of nitrogens with one attached hydrogen (secondary N) is 2. The van der Waals surface area contributed by atoms with Crippen LogP contribution in [0.1, 0.15) is 0 Å². The third kappa shape index (κ3) is 6.29. The van der Waals surface area contributed by atoms with E-state index in [1.165, 1.54) is 0 Å². The molecule has 0 radical (unpaired) electrons. The Morgan fingerprint density at radius 3 is 1.50 bits per heavy atom. The van der Waals surface area contributed by atoms with Crippen molar-refractivity contribution in [3.8, 4) is 0 Å². The maximum absolute atomic E-state index is 10.8. The minimum absolute atomic E-state index is 0.618. The maximum Gasteiger partial charge on any atom is 0.427 e. The molecule has 0 fully saturated rings. The van der Waals surface area contributed by atoms with Crippen molar-refractivity contribution in [2.45, 2.75) is 0 Å². The van der Waals surface area contributed by atoms with Crippen LogP contribution >= 0.6 is 0 Å². The van der Waals surface area contributed by atoms with Crippen LogP contribution in [0.5, 0.6) is 0 Å². The van der Waals surface area contributed by atoms with Gasteiger partial charge in [-0.1, -0.05) is 0 Å². The highest BCUT2D eigenvalue weighted by Gasteiger charge is 2.08. The van der Waals surface area contributed by atoms with E-state index in [0.717, 1.165) is 14.2 Å². The number of hydrogen-bond acceptors (Lipinski definition) is 6. The van der Waals surface area contributed by atoms with Crippen molar-refractivity contribution in [2.24, 2.45) is 20.4 Å². The first-order valence-corrected chi connectivity index (χ1v) is 4.52. The summed E-state index contributed by atoms with van der Waals surface area (Å²) in [6, 6.07) is 0. The largest absolute Gasteiger partial charge is 0.452 e. The fourth-order valence-electron chi connectivity index (χ4n) is 0.607. The molecule has 0 bridgehead atoms. The predicted molar refractivity (Wildman–Crippen MR) is 64.2 cm³/mol. The fourth-order valence-corrected chi connectivity index (χ4v) is 0.607. The molecule has 14 heteroatoms. The van der Waals surface area contributed by atoms with Gasteiger partial charge in [-0.2, -0.15) is 10.2 Å². The van der Waals surface area contributed by atoms with Gasteiger partial charge in [0.1, 0.15) is 0 Å². The SMILES string of the molecule is COC(=O)N/N=C(N=[N+]=[N-])/C(N=[N+]=[N-])=N/NC(=O)OC. The summed E-state index contributed by atoms with van der Waals surface area (Å²) in [4.78, 5) is 26.4. The molecular formula is C6H8N10O4. The van der Waals surface area contributed by atoms with E-state index >= 15 is 0 Å². The second-order valence-electron chi connectivity index (χ2n) is 2.46. The quantitative estimate of drug-likeness (QED) is 0.190. The molecule has 0 atom stereocenters. The van der Waals surface area contributed by atoms with Gasteiger partial charge in [-0.15, -0.1) is 0 Å². The Morgan fingerprint density at radius 1 is 0.900 bits per heavy atom. The summed E-state index contributed by atoms with van der Waals surface area (Å²) in [5.74, 6) is -1.24. The number of hydrazone groups is 2. The van der Waals surface area contributed by atoms with E-state index in [1.807, 2.05) is 10.9 Å². The van der Waals surface area contributed by atoms with Crippen molar-refractivity contribution < 1.29 is 19.1 Å². The number of carbonyl (C=O) groups excluding carboxylic acids is 2. The lowest BCUT2D eigenvalue weighted by atomic mass is 10.5. The number of azide groups is 2. The third-order valence-electron chi connectivity index (χ3n) is 1.36. The van der Waals surface area contributed by atoms with Gasteiger partial charge in [-0.05, 0) is 21.3 Å². The first kappa shape index (κ1) is 16.5. The number of carbonyl (C=O) groups is 2. The monoisotopic (exact) mass is 284 g/mol. The van der Waals surface area contributed by atoms with E-state index in [-0.39, 0.29) is 0 Å². The van der Waals surface area contributed by atoms with E-state index in [1.54, 1.807) is 0 Å². The summed E-state index contributed by atoms with van der Waals surface area (Å²) in [7, 11) is 2.14. The highest BCUT2D eigenvalue weighted by Crippen LogP contribution is 1.91. The topological polar surface area (TPSA) is 199 Å². The first-order chi connectivity index (χ1) is 9.58. The van der Waals surface area contributed by atoms with Gasteiger partial charge < -0.3 is 9.47 Å². The summed E-state index contributed by atoms with van der Waals surface area (Å²) in [5.41, 5.74) is 20.3. The number of nitrogens with zero attached hydrogens (tertiary/aromatic N) is 8. The molecule has 0 rings (SSSR count). The van der Waals surface area contributed by atoms with Crippen molar-refractivity contribution in [3.05, 3.63) is 20.9 Å². The Bertz CT molecular complexity index is 478. The van der Waals surface area contributed by atoms with Gasteiger partial charge in [-0.25, -0.2) is 20.4 Å².